The maximum absolute atomic E-state index is 11.5. The topological polar surface area (TPSA) is 94.8 Å². The van der Waals surface area contributed by atoms with Crippen molar-refractivity contribution < 1.29 is 24.9 Å². The zero-order chi connectivity index (χ0) is 30.3. The van der Waals surface area contributed by atoms with Crippen molar-refractivity contribution >= 4 is 11.8 Å². The highest BCUT2D eigenvalue weighted by molar-refractivity contribution is 5.89. The second-order valence-corrected chi connectivity index (χ2v) is 11.5. The molecule has 0 saturated carbocycles. The lowest BCUT2D eigenvalue weighted by atomic mass is 9.89. The minimum atomic E-state index is -1.01. The third kappa shape index (κ3) is 21.6. The Morgan fingerprint density at radius 1 is 0.725 bits per heavy atom. The van der Waals surface area contributed by atoms with Gasteiger partial charge in [0.05, 0.1) is 12.2 Å². The normalized spacial score (nSPS) is 17.0. The maximum Gasteiger partial charge on any atom is 0.327 e. The van der Waals surface area contributed by atoms with Crippen LogP contribution in [0.2, 0.25) is 0 Å². The largest absolute Gasteiger partial charge is 0.478 e. The van der Waals surface area contributed by atoms with E-state index in [-0.39, 0.29) is 17.8 Å². The third-order valence-corrected chi connectivity index (χ3v) is 7.55. The van der Waals surface area contributed by atoms with Gasteiger partial charge in [0.15, 0.2) is 5.78 Å². The number of hydrogen-bond acceptors (Lipinski definition) is 4. The summed E-state index contributed by atoms with van der Waals surface area (Å²) >= 11 is 0. The van der Waals surface area contributed by atoms with Crippen molar-refractivity contribution in [3.63, 3.8) is 0 Å². The van der Waals surface area contributed by atoms with Crippen LogP contribution in [0.15, 0.2) is 59.8 Å². The molecular formula is C35H58O5. The number of ketones is 1. The van der Waals surface area contributed by atoms with Gasteiger partial charge in [-0.15, -0.1) is 0 Å². The van der Waals surface area contributed by atoms with Gasteiger partial charge >= 0.3 is 5.97 Å². The molecule has 0 aromatic heterocycles. The summed E-state index contributed by atoms with van der Waals surface area (Å²) in [5.74, 6) is 0.0506. The summed E-state index contributed by atoms with van der Waals surface area (Å²) < 4.78 is 0. The van der Waals surface area contributed by atoms with E-state index in [1.54, 1.807) is 19.1 Å². The molecule has 5 atom stereocenters. The molecule has 228 valence electrons. The fourth-order valence-corrected chi connectivity index (χ4v) is 4.51. The number of carbonyl (C=O) groups is 2. The molecule has 0 aliphatic heterocycles. The highest BCUT2D eigenvalue weighted by Crippen LogP contribution is 2.24. The number of aliphatic hydroxyl groups excluding tert-OH is 2. The lowest BCUT2D eigenvalue weighted by Crippen LogP contribution is -2.12. The van der Waals surface area contributed by atoms with E-state index in [2.05, 4.69) is 32.9 Å². The second-order valence-electron chi connectivity index (χ2n) is 11.5. The maximum atomic E-state index is 11.5. The zero-order valence-electron chi connectivity index (χ0n) is 26.1. The Kier molecular flexibility index (Phi) is 22.1. The number of carboxylic acids is 1. The van der Waals surface area contributed by atoms with Gasteiger partial charge in [-0.25, -0.2) is 4.79 Å². The van der Waals surface area contributed by atoms with E-state index in [9.17, 15) is 19.8 Å². The Morgan fingerprint density at radius 2 is 1.35 bits per heavy atom. The number of aliphatic carboxylic acids is 1. The Labute approximate surface area is 244 Å². The van der Waals surface area contributed by atoms with Crippen molar-refractivity contribution in [3.8, 4) is 0 Å². The first-order valence-corrected chi connectivity index (χ1v) is 15.5. The third-order valence-electron chi connectivity index (χ3n) is 7.55. The standard InChI is InChI=1S/C35H58O5/c1-7-9-15-31(16-11-14-28(4)17-22-32(36)8-2)21-24-33(37)23-18-27(3)12-10-13-29(5)19-25-34(38)30(6)20-26-35(39)40/h13-14,17,19-20,22,25-27,30-31,33-34,37-38H,7-12,15-16,18,21,23-24H2,1-6H3,(H,39,40)/b22-17+,25-19+,26-20+,28-14+,29-13+. The average Bonchev–Trinajstić information content (AvgIpc) is 2.92. The summed E-state index contributed by atoms with van der Waals surface area (Å²) in [4.78, 5) is 22.1. The molecule has 0 spiro atoms. The summed E-state index contributed by atoms with van der Waals surface area (Å²) in [6.07, 6.45) is 25.3. The fourth-order valence-electron chi connectivity index (χ4n) is 4.51. The number of carbonyl (C=O) groups excluding carboxylic acids is 1. The van der Waals surface area contributed by atoms with E-state index in [1.165, 1.54) is 25.3 Å². The van der Waals surface area contributed by atoms with Crippen molar-refractivity contribution in [2.45, 2.75) is 131 Å². The van der Waals surface area contributed by atoms with E-state index in [0.29, 0.717) is 18.3 Å². The molecule has 0 aliphatic carbocycles. The number of rotatable bonds is 23. The molecule has 0 aromatic carbocycles. The summed E-state index contributed by atoms with van der Waals surface area (Å²) in [5, 5.41) is 29.5. The highest BCUT2D eigenvalue weighted by Gasteiger charge is 2.13. The molecule has 0 saturated heterocycles. The molecule has 40 heavy (non-hydrogen) atoms. The van der Waals surface area contributed by atoms with Gasteiger partial charge in [-0.1, -0.05) is 94.6 Å². The molecule has 0 radical (unpaired) electrons. The summed E-state index contributed by atoms with van der Waals surface area (Å²) in [7, 11) is 0. The van der Waals surface area contributed by atoms with Gasteiger partial charge in [-0.05, 0) is 83.1 Å². The van der Waals surface area contributed by atoms with Crippen LogP contribution in [-0.2, 0) is 9.59 Å². The molecule has 0 heterocycles. The molecule has 5 nitrogen and oxygen atoms in total. The van der Waals surface area contributed by atoms with Crippen molar-refractivity contribution in [3.05, 3.63) is 59.8 Å². The first-order valence-electron chi connectivity index (χ1n) is 15.5. The lowest BCUT2D eigenvalue weighted by Gasteiger charge is -2.19. The predicted molar refractivity (Wildman–Crippen MR) is 168 cm³/mol. The molecule has 0 aromatic rings. The second kappa shape index (κ2) is 23.5. The Bertz CT molecular complexity index is 848. The average molecular weight is 559 g/mol. The van der Waals surface area contributed by atoms with Crippen LogP contribution < -0.4 is 0 Å². The predicted octanol–water partition coefficient (Wildman–Crippen LogP) is 8.53. The van der Waals surface area contributed by atoms with Crippen LogP contribution in [-0.4, -0.2) is 39.3 Å². The molecular weight excluding hydrogens is 500 g/mol. The number of unbranched alkanes of at least 4 members (excludes halogenated alkanes) is 1. The van der Waals surface area contributed by atoms with E-state index in [0.717, 1.165) is 68.6 Å². The molecule has 5 unspecified atom stereocenters. The quantitative estimate of drug-likeness (QED) is 0.0863. The molecule has 0 rings (SSSR count). The van der Waals surface area contributed by atoms with E-state index < -0.39 is 12.1 Å². The minimum absolute atomic E-state index is 0.160. The highest BCUT2D eigenvalue weighted by atomic mass is 16.4. The summed E-state index contributed by atoms with van der Waals surface area (Å²) in [6, 6.07) is 0. The number of hydrogen-bond donors (Lipinski definition) is 3. The van der Waals surface area contributed by atoms with Gasteiger partial charge in [-0.2, -0.15) is 0 Å². The molecule has 0 bridgehead atoms. The SMILES string of the molecule is CCCCC(CC/C=C(C)/C=C/C(=O)CC)CCC(O)CCC(C)CC/C=C(C)/C=C/C(O)C(C)/C=C/C(=O)O. The minimum Gasteiger partial charge on any atom is -0.478 e. The van der Waals surface area contributed by atoms with Crippen LogP contribution in [0.1, 0.15) is 119 Å². The Balaban J connectivity index is 4.45. The first kappa shape index (κ1) is 37.8. The molecule has 0 aliphatic rings. The van der Waals surface area contributed by atoms with Gasteiger partial charge in [-0.3, -0.25) is 4.79 Å². The van der Waals surface area contributed by atoms with Crippen LogP contribution in [0, 0.1) is 17.8 Å². The van der Waals surface area contributed by atoms with Crippen molar-refractivity contribution in [1.29, 1.82) is 0 Å². The lowest BCUT2D eigenvalue weighted by molar-refractivity contribution is -0.131. The molecule has 0 fully saturated rings. The van der Waals surface area contributed by atoms with Crippen molar-refractivity contribution in [2.24, 2.45) is 17.8 Å². The van der Waals surface area contributed by atoms with Crippen LogP contribution in [0.5, 0.6) is 0 Å². The van der Waals surface area contributed by atoms with Gasteiger partial charge in [0.2, 0.25) is 0 Å². The smallest absolute Gasteiger partial charge is 0.327 e. The van der Waals surface area contributed by atoms with Crippen molar-refractivity contribution in [2.75, 3.05) is 0 Å². The van der Waals surface area contributed by atoms with Gasteiger partial charge in [0.1, 0.15) is 0 Å². The van der Waals surface area contributed by atoms with Crippen LogP contribution in [0.25, 0.3) is 0 Å². The summed E-state index contributed by atoms with van der Waals surface area (Å²) in [5.41, 5.74) is 2.22. The van der Waals surface area contributed by atoms with Gasteiger partial charge in [0.25, 0.3) is 0 Å². The van der Waals surface area contributed by atoms with Crippen LogP contribution >= 0.6 is 0 Å². The Morgan fingerprint density at radius 3 is 1.98 bits per heavy atom. The number of carboxylic acid groups (broad SMARTS) is 1. The zero-order valence-corrected chi connectivity index (χ0v) is 26.1. The van der Waals surface area contributed by atoms with Crippen LogP contribution in [0.4, 0.5) is 0 Å². The van der Waals surface area contributed by atoms with Crippen molar-refractivity contribution in [1.82, 2.24) is 0 Å². The fraction of sp³-hybridized carbons (Fsp3) is 0.657. The Hall–Kier alpha value is -2.24. The van der Waals surface area contributed by atoms with E-state index in [1.807, 2.05) is 26.0 Å². The summed E-state index contributed by atoms with van der Waals surface area (Å²) in [6.45, 7) is 12.2. The molecule has 0 amide bonds. The number of aliphatic hydroxyl groups is 2. The van der Waals surface area contributed by atoms with Crippen LogP contribution in [0.3, 0.4) is 0 Å². The molecule has 5 heteroatoms. The first-order chi connectivity index (χ1) is 19.0. The van der Waals surface area contributed by atoms with Gasteiger partial charge < -0.3 is 15.3 Å². The van der Waals surface area contributed by atoms with Gasteiger partial charge in [0, 0.05) is 18.4 Å². The van der Waals surface area contributed by atoms with E-state index >= 15 is 0 Å². The van der Waals surface area contributed by atoms with E-state index in [4.69, 9.17) is 5.11 Å². The number of allylic oxidation sites excluding steroid dienone is 7. The molecule has 3 N–H and O–H groups in total. The monoisotopic (exact) mass is 558 g/mol.